The molecule has 66 valence electrons. The van der Waals surface area contributed by atoms with Crippen LogP contribution in [0.3, 0.4) is 0 Å². The Kier molecular flexibility index (Phi) is 3.98. The second-order valence-corrected chi connectivity index (χ2v) is 8.84. The largest absolute Gasteiger partial charge is 0.280 e. The van der Waals surface area contributed by atoms with Gasteiger partial charge in [0.05, 0.1) is 0 Å². The molecule has 2 heteroatoms. The third kappa shape index (κ3) is 7.30. The third-order valence-electron chi connectivity index (χ3n) is 0.980. The zero-order chi connectivity index (χ0) is 9.78. The summed E-state index contributed by atoms with van der Waals surface area (Å²) in [5.41, 5.74) is 4.03. The molecule has 1 nitrogen and oxygen atoms in total. The fourth-order valence-electron chi connectivity index (χ4n) is 0.547. The van der Waals surface area contributed by atoms with Gasteiger partial charge < -0.3 is 0 Å². The Hall–Kier alpha value is -0.813. The highest BCUT2D eigenvalue weighted by Gasteiger charge is 2.07. The van der Waals surface area contributed by atoms with E-state index in [9.17, 15) is 4.79 Å². The molecule has 0 aromatic heterocycles. The van der Waals surface area contributed by atoms with E-state index in [1.165, 1.54) is 0 Å². The molecule has 0 fully saturated rings. The molecule has 0 spiro atoms. The molecule has 0 heterocycles. The number of hydrogen-bond donors (Lipinski definition) is 0. The van der Waals surface area contributed by atoms with E-state index in [2.05, 4.69) is 31.1 Å². The van der Waals surface area contributed by atoms with Crippen LogP contribution < -0.4 is 0 Å². The molecule has 0 unspecified atom stereocenters. The molecule has 0 aliphatic rings. The Morgan fingerprint density at radius 1 is 1.25 bits per heavy atom. The molecular weight excluding hydrogens is 164 g/mol. The summed E-state index contributed by atoms with van der Waals surface area (Å²) in [7, 11) is -1.38. The maximum absolute atomic E-state index is 11.1. The minimum absolute atomic E-state index is 0.0718. The third-order valence-corrected chi connectivity index (χ3v) is 1.86. The van der Waals surface area contributed by atoms with Crippen LogP contribution in [0, 0.1) is 11.5 Å². The number of carbonyl (C=O) groups excluding carboxylic acids is 1. The second kappa shape index (κ2) is 4.27. The van der Waals surface area contributed by atoms with E-state index in [-0.39, 0.29) is 5.78 Å². The van der Waals surface area contributed by atoms with Crippen molar-refractivity contribution in [3.8, 4) is 11.5 Å². The van der Waals surface area contributed by atoms with Crippen LogP contribution in [0.4, 0.5) is 0 Å². The molecule has 0 aromatic rings. The summed E-state index contributed by atoms with van der Waals surface area (Å²) in [5.74, 6) is 2.58. The van der Waals surface area contributed by atoms with Gasteiger partial charge in [0.25, 0.3) is 0 Å². The Balaban J connectivity index is 4.35. The summed E-state index contributed by atoms with van der Waals surface area (Å²) in [6.45, 7) is 10.2. The van der Waals surface area contributed by atoms with Gasteiger partial charge in [-0.15, -0.1) is 5.54 Å². The summed E-state index contributed by atoms with van der Waals surface area (Å²) in [6, 6.07) is 0. The van der Waals surface area contributed by atoms with Crippen LogP contribution in [-0.2, 0) is 4.79 Å². The first kappa shape index (κ1) is 11.2. The van der Waals surface area contributed by atoms with Gasteiger partial charge in [-0.1, -0.05) is 25.2 Å². The molecule has 0 N–H and O–H groups in total. The second-order valence-electron chi connectivity index (χ2n) is 4.09. The van der Waals surface area contributed by atoms with E-state index in [0.29, 0.717) is 0 Å². The van der Waals surface area contributed by atoms with Crippen LogP contribution in [0.2, 0.25) is 19.6 Å². The molecule has 0 aromatic carbocycles. The van der Waals surface area contributed by atoms with E-state index in [0.717, 1.165) is 5.57 Å². The molecule has 0 bridgehead atoms. The lowest BCUT2D eigenvalue weighted by Gasteiger charge is -2.02. The fourth-order valence-corrected chi connectivity index (χ4v) is 1.05. The average Bonchev–Trinajstić information content (AvgIpc) is 1.80. The molecule has 0 aliphatic heterocycles. The minimum atomic E-state index is -1.38. The molecule has 0 atom stereocenters. The number of hydrogen-bond acceptors (Lipinski definition) is 1. The van der Waals surface area contributed by atoms with Crippen LogP contribution in [-0.4, -0.2) is 13.9 Å². The van der Waals surface area contributed by atoms with E-state index in [1.54, 1.807) is 6.08 Å². The first-order valence-electron chi connectivity index (χ1n) is 4.03. The maximum Gasteiger partial charge on any atom is 0.228 e. The van der Waals surface area contributed by atoms with Crippen molar-refractivity contribution in [1.29, 1.82) is 0 Å². The molecule has 0 saturated carbocycles. The van der Waals surface area contributed by atoms with Gasteiger partial charge in [0.1, 0.15) is 8.07 Å². The molecule has 0 amide bonds. The van der Waals surface area contributed by atoms with Crippen LogP contribution in [0.15, 0.2) is 11.6 Å². The van der Waals surface area contributed by atoms with Crippen molar-refractivity contribution < 1.29 is 4.79 Å². The predicted molar refractivity (Wildman–Crippen MR) is 55.6 cm³/mol. The predicted octanol–water partition coefficient (Wildman–Crippen LogP) is 2.40. The number of carbonyl (C=O) groups is 1. The Morgan fingerprint density at radius 3 is 2.08 bits per heavy atom. The zero-order valence-electron chi connectivity index (χ0n) is 8.49. The summed E-state index contributed by atoms with van der Waals surface area (Å²) in [4.78, 5) is 11.1. The van der Waals surface area contributed by atoms with Crippen molar-refractivity contribution >= 4 is 13.9 Å². The Bertz CT molecular complexity index is 254. The summed E-state index contributed by atoms with van der Waals surface area (Å²) in [5, 5.41) is 0. The van der Waals surface area contributed by atoms with E-state index < -0.39 is 8.07 Å². The van der Waals surface area contributed by atoms with Crippen LogP contribution >= 0.6 is 0 Å². The van der Waals surface area contributed by atoms with Crippen molar-refractivity contribution in [2.75, 3.05) is 0 Å². The molecule has 0 aliphatic carbocycles. The van der Waals surface area contributed by atoms with Crippen molar-refractivity contribution in [1.82, 2.24) is 0 Å². The van der Waals surface area contributed by atoms with E-state index in [1.807, 2.05) is 13.8 Å². The normalized spacial score (nSPS) is 9.75. The SMILES string of the molecule is CC(C)=CC(=O)C#C[Si](C)(C)C. The van der Waals surface area contributed by atoms with Gasteiger partial charge in [0.15, 0.2) is 0 Å². The first-order valence-corrected chi connectivity index (χ1v) is 7.53. The maximum atomic E-state index is 11.1. The van der Waals surface area contributed by atoms with Gasteiger partial charge >= 0.3 is 0 Å². The minimum Gasteiger partial charge on any atom is -0.280 e. The fraction of sp³-hybridized carbons (Fsp3) is 0.500. The number of rotatable bonds is 1. The molecule has 0 radical (unpaired) electrons. The highest BCUT2D eigenvalue weighted by atomic mass is 28.3. The molecular formula is C10H16OSi. The van der Waals surface area contributed by atoms with Crippen molar-refractivity contribution in [2.45, 2.75) is 33.5 Å². The van der Waals surface area contributed by atoms with E-state index in [4.69, 9.17) is 0 Å². The quantitative estimate of drug-likeness (QED) is 0.344. The van der Waals surface area contributed by atoms with Crippen LogP contribution in [0.1, 0.15) is 13.8 Å². The van der Waals surface area contributed by atoms with E-state index >= 15 is 0 Å². The summed E-state index contributed by atoms with van der Waals surface area (Å²) in [6.07, 6.45) is 1.58. The number of ketones is 1. The Morgan fingerprint density at radius 2 is 1.75 bits per heavy atom. The van der Waals surface area contributed by atoms with Crippen molar-refractivity contribution in [2.24, 2.45) is 0 Å². The molecule has 0 rings (SSSR count). The van der Waals surface area contributed by atoms with Gasteiger partial charge in [-0.2, -0.15) is 0 Å². The zero-order valence-corrected chi connectivity index (χ0v) is 9.49. The van der Waals surface area contributed by atoms with Crippen molar-refractivity contribution in [3.63, 3.8) is 0 Å². The van der Waals surface area contributed by atoms with Crippen LogP contribution in [0.5, 0.6) is 0 Å². The van der Waals surface area contributed by atoms with Gasteiger partial charge in [-0.05, 0) is 25.8 Å². The van der Waals surface area contributed by atoms with Gasteiger partial charge in [0.2, 0.25) is 5.78 Å². The first-order chi connectivity index (χ1) is 5.31. The molecule has 12 heavy (non-hydrogen) atoms. The smallest absolute Gasteiger partial charge is 0.228 e. The summed E-state index contributed by atoms with van der Waals surface area (Å²) >= 11 is 0. The highest BCUT2D eigenvalue weighted by Crippen LogP contribution is 1.96. The number of allylic oxidation sites excluding steroid dienone is 2. The van der Waals surface area contributed by atoms with Gasteiger partial charge in [-0.3, -0.25) is 4.79 Å². The lowest BCUT2D eigenvalue weighted by atomic mass is 10.2. The van der Waals surface area contributed by atoms with Crippen molar-refractivity contribution in [3.05, 3.63) is 11.6 Å². The van der Waals surface area contributed by atoms with Gasteiger partial charge in [0, 0.05) is 0 Å². The average molecular weight is 180 g/mol. The standard InChI is InChI=1S/C10H16OSi/c1-9(2)8-10(11)6-7-12(3,4)5/h8H,1-5H3. The monoisotopic (exact) mass is 180 g/mol. The van der Waals surface area contributed by atoms with Gasteiger partial charge in [-0.25, -0.2) is 0 Å². The van der Waals surface area contributed by atoms with Crippen LogP contribution in [0.25, 0.3) is 0 Å². The Labute approximate surface area is 75.9 Å². The topological polar surface area (TPSA) is 17.1 Å². The lowest BCUT2D eigenvalue weighted by molar-refractivity contribution is -0.109. The summed E-state index contributed by atoms with van der Waals surface area (Å²) < 4.78 is 0. The molecule has 0 saturated heterocycles. The lowest BCUT2D eigenvalue weighted by Crippen LogP contribution is -2.16. The highest BCUT2D eigenvalue weighted by molar-refractivity contribution is 6.84.